The smallest absolute Gasteiger partial charge is 0.303 e. The van der Waals surface area contributed by atoms with Crippen LogP contribution in [0.5, 0.6) is 0 Å². The lowest BCUT2D eigenvalue weighted by Gasteiger charge is -2.44. The maximum absolute atomic E-state index is 13.4. The molecule has 31 heavy (non-hydrogen) atoms. The minimum atomic E-state index is -3.56. The molecule has 2 N–H and O–H groups in total. The highest BCUT2D eigenvalue weighted by atomic mass is 35.5. The Morgan fingerprint density at radius 2 is 1.90 bits per heavy atom. The summed E-state index contributed by atoms with van der Waals surface area (Å²) < 4.78 is 28.4. The van der Waals surface area contributed by atoms with Crippen LogP contribution in [-0.2, 0) is 33.4 Å². The number of halogens is 1. The Labute approximate surface area is 189 Å². The molecule has 0 bridgehead atoms. The maximum atomic E-state index is 13.4. The van der Waals surface area contributed by atoms with E-state index in [1.807, 2.05) is 50.2 Å². The van der Waals surface area contributed by atoms with E-state index in [0.29, 0.717) is 37.5 Å². The van der Waals surface area contributed by atoms with Gasteiger partial charge in [-0.1, -0.05) is 47.5 Å². The van der Waals surface area contributed by atoms with E-state index >= 15 is 0 Å². The largest absolute Gasteiger partial charge is 0.481 e. The number of benzene rings is 2. The molecule has 1 aliphatic rings. The minimum Gasteiger partial charge on any atom is -0.481 e. The summed E-state index contributed by atoms with van der Waals surface area (Å²) in [6, 6.07) is 13.0. The fourth-order valence-electron chi connectivity index (χ4n) is 4.15. The monoisotopic (exact) mass is 464 g/mol. The van der Waals surface area contributed by atoms with Gasteiger partial charge in [0.15, 0.2) is 0 Å². The first-order valence-corrected chi connectivity index (χ1v) is 12.3. The fourth-order valence-corrected chi connectivity index (χ4v) is 6.28. The number of rotatable bonds is 8. The summed E-state index contributed by atoms with van der Waals surface area (Å²) >= 11 is 6.23. The van der Waals surface area contributed by atoms with Crippen LogP contribution in [0.4, 0.5) is 0 Å². The third-order valence-corrected chi connectivity index (χ3v) is 7.98. The van der Waals surface area contributed by atoms with Crippen molar-refractivity contribution in [1.29, 1.82) is 0 Å². The Hall–Kier alpha value is -1.93. The molecule has 0 amide bonds. The number of aliphatic carboxylic acids is 1. The second kappa shape index (κ2) is 9.69. The van der Waals surface area contributed by atoms with Gasteiger partial charge in [-0.2, -0.15) is 4.31 Å². The number of carboxylic acids is 1. The van der Waals surface area contributed by atoms with Crippen molar-refractivity contribution in [3.05, 3.63) is 69.7 Å². The fraction of sp³-hybridized carbons (Fsp3) is 0.435. The molecule has 168 valence electrons. The first kappa shape index (κ1) is 23.7. The number of hydrogen-bond donors (Lipinski definition) is 2. The van der Waals surface area contributed by atoms with Gasteiger partial charge < -0.3 is 10.4 Å². The van der Waals surface area contributed by atoms with Crippen LogP contribution in [0.1, 0.15) is 35.6 Å². The van der Waals surface area contributed by atoms with Crippen molar-refractivity contribution >= 4 is 27.6 Å². The first-order valence-electron chi connectivity index (χ1n) is 10.3. The molecule has 0 radical (unpaired) electrons. The lowest BCUT2D eigenvalue weighted by atomic mass is 9.88. The van der Waals surface area contributed by atoms with Crippen molar-refractivity contribution in [2.24, 2.45) is 0 Å². The summed E-state index contributed by atoms with van der Waals surface area (Å²) in [6.45, 7) is 5.39. The van der Waals surface area contributed by atoms with Crippen molar-refractivity contribution in [1.82, 2.24) is 9.62 Å². The minimum absolute atomic E-state index is 0.0129. The highest BCUT2D eigenvalue weighted by Crippen LogP contribution is 2.30. The molecular formula is C23H29ClN2O4S. The van der Waals surface area contributed by atoms with E-state index < -0.39 is 21.5 Å². The van der Waals surface area contributed by atoms with Crippen LogP contribution in [-0.4, -0.2) is 49.0 Å². The van der Waals surface area contributed by atoms with Crippen LogP contribution in [0, 0.1) is 6.92 Å². The van der Waals surface area contributed by atoms with E-state index in [2.05, 4.69) is 5.32 Å². The number of aryl methyl sites for hydroxylation is 2. The van der Waals surface area contributed by atoms with E-state index in [4.69, 9.17) is 16.7 Å². The lowest BCUT2D eigenvalue weighted by molar-refractivity contribution is -0.136. The Balaban J connectivity index is 1.89. The summed E-state index contributed by atoms with van der Waals surface area (Å²) in [6.07, 6.45) is 0.836. The summed E-state index contributed by atoms with van der Waals surface area (Å²) in [5.41, 5.74) is 2.93. The van der Waals surface area contributed by atoms with Crippen LogP contribution in [0.2, 0.25) is 5.02 Å². The molecule has 0 saturated carbocycles. The standard InChI is InChI=1S/C23H29ClN2O4S/c1-17-3-5-18(6-4-17)15-31(29,30)26-12-11-25-16-23(26,2)14-20-13-21(24)9-7-19(20)8-10-22(27)28/h3-7,9,13,25H,8,10-12,14-16H2,1-2H3,(H,27,28)/t23-/m0/s1. The third kappa shape index (κ3) is 6.07. The van der Waals surface area contributed by atoms with E-state index in [9.17, 15) is 13.2 Å². The van der Waals surface area contributed by atoms with Gasteiger partial charge in [-0.15, -0.1) is 0 Å². The van der Waals surface area contributed by atoms with Gasteiger partial charge in [-0.05, 0) is 55.5 Å². The third-order valence-electron chi connectivity index (χ3n) is 5.75. The molecule has 1 saturated heterocycles. The number of sulfonamides is 1. The molecule has 0 unspecified atom stereocenters. The Morgan fingerprint density at radius 1 is 1.19 bits per heavy atom. The number of nitrogens with one attached hydrogen (secondary N) is 1. The van der Waals surface area contributed by atoms with Crippen molar-refractivity contribution in [3.8, 4) is 0 Å². The molecule has 2 aromatic rings. The zero-order valence-electron chi connectivity index (χ0n) is 17.9. The van der Waals surface area contributed by atoms with Crippen LogP contribution < -0.4 is 5.32 Å². The highest BCUT2D eigenvalue weighted by Gasteiger charge is 2.42. The van der Waals surface area contributed by atoms with Crippen LogP contribution in [0.25, 0.3) is 0 Å². The summed E-state index contributed by atoms with van der Waals surface area (Å²) in [4.78, 5) is 11.1. The van der Waals surface area contributed by atoms with Gasteiger partial charge in [0.1, 0.15) is 0 Å². The average molecular weight is 465 g/mol. The van der Waals surface area contributed by atoms with E-state index in [1.165, 1.54) is 0 Å². The molecule has 3 rings (SSSR count). The summed E-state index contributed by atoms with van der Waals surface area (Å²) in [5.74, 6) is -0.918. The zero-order chi connectivity index (χ0) is 22.6. The van der Waals surface area contributed by atoms with E-state index in [0.717, 1.165) is 22.3 Å². The van der Waals surface area contributed by atoms with Gasteiger partial charge in [0.2, 0.25) is 10.0 Å². The Morgan fingerprint density at radius 3 is 2.58 bits per heavy atom. The van der Waals surface area contributed by atoms with Gasteiger partial charge in [0.05, 0.1) is 5.75 Å². The van der Waals surface area contributed by atoms with Gasteiger partial charge in [-0.3, -0.25) is 4.79 Å². The van der Waals surface area contributed by atoms with Crippen molar-refractivity contribution in [2.75, 3.05) is 19.6 Å². The number of carboxylic acid groups (broad SMARTS) is 1. The molecule has 2 aromatic carbocycles. The van der Waals surface area contributed by atoms with Crippen molar-refractivity contribution < 1.29 is 18.3 Å². The highest BCUT2D eigenvalue weighted by molar-refractivity contribution is 7.88. The molecule has 0 aromatic heterocycles. The molecule has 0 spiro atoms. The Kier molecular flexibility index (Phi) is 7.42. The topological polar surface area (TPSA) is 86.7 Å². The predicted molar refractivity (Wildman–Crippen MR) is 123 cm³/mol. The van der Waals surface area contributed by atoms with Gasteiger partial charge in [-0.25, -0.2) is 8.42 Å². The molecule has 1 atom stereocenters. The lowest BCUT2D eigenvalue weighted by Crippen LogP contribution is -2.62. The molecule has 0 aliphatic carbocycles. The molecule has 8 heteroatoms. The van der Waals surface area contributed by atoms with Gasteiger partial charge in [0.25, 0.3) is 0 Å². The van der Waals surface area contributed by atoms with Crippen molar-refractivity contribution in [2.45, 2.75) is 44.4 Å². The average Bonchev–Trinajstić information content (AvgIpc) is 2.69. The van der Waals surface area contributed by atoms with E-state index in [1.54, 1.807) is 10.4 Å². The summed E-state index contributed by atoms with van der Waals surface area (Å²) in [5, 5.41) is 12.9. The molecule has 1 fully saturated rings. The summed E-state index contributed by atoms with van der Waals surface area (Å²) in [7, 11) is -3.56. The molecule has 6 nitrogen and oxygen atoms in total. The second-order valence-corrected chi connectivity index (χ2v) is 10.8. The maximum Gasteiger partial charge on any atom is 0.303 e. The van der Waals surface area contributed by atoms with E-state index in [-0.39, 0.29) is 12.2 Å². The first-order chi connectivity index (χ1) is 14.6. The SMILES string of the molecule is Cc1ccc(CS(=O)(=O)N2CCNC[C@]2(C)Cc2cc(Cl)ccc2CCC(=O)O)cc1. The second-order valence-electron chi connectivity index (χ2n) is 8.47. The van der Waals surface area contributed by atoms with Crippen molar-refractivity contribution in [3.63, 3.8) is 0 Å². The normalized spacial score (nSPS) is 20.0. The zero-order valence-corrected chi connectivity index (χ0v) is 19.5. The van der Waals surface area contributed by atoms with Gasteiger partial charge in [0, 0.05) is 36.6 Å². The van der Waals surface area contributed by atoms with Gasteiger partial charge >= 0.3 is 5.97 Å². The Bertz CT molecular complexity index is 1040. The molecule has 1 aliphatic heterocycles. The number of nitrogens with zero attached hydrogens (tertiary/aromatic N) is 1. The number of piperazine rings is 1. The van der Waals surface area contributed by atoms with Crippen LogP contribution in [0.3, 0.4) is 0 Å². The van der Waals surface area contributed by atoms with Crippen LogP contribution in [0.15, 0.2) is 42.5 Å². The molecular weight excluding hydrogens is 436 g/mol. The number of carbonyl (C=O) groups is 1. The predicted octanol–water partition coefficient (Wildman–Crippen LogP) is 3.40. The molecule has 1 heterocycles. The number of hydrogen-bond acceptors (Lipinski definition) is 4. The quantitative estimate of drug-likeness (QED) is 0.625. The van der Waals surface area contributed by atoms with Crippen LogP contribution >= 0.6 is 11.6 Å².